The first-order valence-corrected chi connectivity index (χ1v) is 9.62. The monoisotopic (exact) mass is 350 g/mol. The second-order valence-electron chi connectivity index (χ2n) is 7.94. The van der Waals surface area contributed by atoms with Crippen molar-refractivity contribution in [2.24, 2.45) is 5.41 Å². The number of rotatable bonds is 2. The van der Waals surface area contributed by atoms with Crippen LogP contribution in [0, 0.1) is 5.41 Å². The van der Waals surface area contributed by atoms with E-state index in [0.29, 0.717) is 13.1 Å². The van der Waals surface area contributed by atoms with Crippen LogP contribution in [0.25, 0.3) is 0 Å². The molecule has 2 aliphatic rings. The number of likely N-dealkylation sites (tertiary alicyclic amines) is 1. The smallest absolute Gasteiger partial charge is 0.407 e. The van der Waals surface area contributed by atoms with Crippen LogP contribution in [0.2, 0.25) is 0 Å². The largest absolute Gasteiger partial charge is 0.465 e. The number of fused-ring (bicyclic) bond motifs is 1. The molecule has 24 heavy (non-hydrogen) atoms. The Hall–Kier alpha value is -1.40. The van der Waals surface area contributed by atoms with Crippen LogP contribution in [-0.4, -0.2) is 38.1 Å². The van der Waals surface area contributed by atoms with Gasteiger partial charge in [-0.05, 0) is 56.6 Å². The Kier molecular flexibility index (Phi) is 4.47. The van der Waals surface area contributed by atoms with Crippen molar-refractivity contribution in [2.45, 2.75) is 50.8 Å². The van der Waals surface area contributed by atoms with Crippen LogP contribution < -0.4 is 4.72 Å². The van der Waals surface area contributed by atoms with Crippen molar-refractivity contribution < 1.29 is 14.1 Å². The van der Waals surface area contributed by atoms with Gasteiger partial charge in [-0.3, -0.25) is 0 Å². The third kappa shape index (κ3) is 3.09. The van der Waals surface area contributed by atoms with E-state index < -0.39 is 17.1 Å². The summed E-state index contributed by atoms with van der Waals surface area (Å²) < 4.78 is 15.8. The third-order valence-electron chi connectivity index (χ3n) is 5.33. The van der Waals surface area contributed by atoms with E-state index >= 15 is 0 Å². The number of nitrogens with zero attached hydrogens (tertiary/aromatic N) is 1. The van der Waals surface area contributed by atoms with Crippen molar-refractivity contribution >= 4 is 17.1 Å². The Morgan fingerprint density at radius 2 is 1.92 bits per heavy atom. The van der Waals surface area contributed by atoms with Crippen molar-refractivity contribution in [3.63, 3.8) is 0 Å². The minimum absolute atomic E-state index is 0.0182. The first kappa shape index (κ1) is 17.4. The highest BCUT2D eigenvalue weighted by Crippen LogP contribution is 2.52. The van der Waals surface area contributed by atoms with Gasteiger partial charge in [-0.15, -0.1) is 0 Å². The molecule has 1 heterocycles. The third-order valence-corrected chi connectivity index (χ3v) is 6.89. The standard InChI is InChI=1S/C18H26N2O3S/c1-17(2,3)24(23)19-15-14-7-5-4-6-13(14)12-18(15)8-10-20(11-9-18)16(21)22/h4-7,15,19H,8-12H2,1-3H3,(H,21,22)/t15-,24?/m1/s1. The molecule has 0 radical (unpaired) electrons. The van der Waals surface area contributed by atoms with E-state index in [9.17, 15) is 14.1 Å². The summed E-state index contributed by atoms with van der Waals surface area (Å²) in [5, 5.41) is 9.22. The normalized spacial score (nSPS) is 24.0. The van der Waals surface area contributed by atoms with Crippen molar-refractivity contribution in [1.29, 1.82) is 0 Å². The summed E-state index contributed by atoms with van der Waals surface area (Å²) in [5.74, 6) is 0. The van der Waals surface area contributed by atoms with Crippen LogP contribution in [0.4, 0.5) is 4.79 Å². The first-order chi connectivity index (χ1) is 11.2. The molecule has 0 bridgehead atoms. The predicted molar refractivity (Wildman–Crippen MR) is 95.2 cm³/mol. The Bertz CT molecular complexity index is 660. The lowest BCUT2D eigenvalue weighted by atomic mass is 9.73. The number of amides is 1. The maximum atomic E-state index is 12.7. The fourth-order valence-electron chi connectivity index (χ4n) is 3.87. The Labute approximate surface area is 146 Å². The second-order valence-corrected chi connectivity index (χ2v) is 9.94. The molecule has 1 saturated heterocycles. The molecule has 5 nitrogen and oxygen atoms in total. The quantitative estimate of drug-likeness (QED) is 0.861. The molecule has 1 fully saturated rings. The zero-order valence-electron chi connectivity index (χ0n) is 14.5. The van der Waals surface area contributed by atoms with Crippen LogP contribution in [0.15, 0.2) is 24.3 Å². The number of carbonyl (C=O) groups is 1. The lowest BCUT2D eigenvalue weighted by Gasteiger charge is -2.43. The highest BCUT2D eigenvalue weighted by molar-refractivity contribution is 7.84. The van der Waals surface area contributed by atoms with Gasteiger partial charge in [-0.2, -0.15) is 0 Å². The fraction of sp³-hybridized carbons (Fsp3) is 0.611. The molecular formula is C18H26N2O3S. The minimum atomic E-state index is -1.16. The van der Waals surface area contributed by atoms with E-state index in [2.05, 4.69) is 16.9 Å². The van der Waals surface area contributed by atoms with Crippen LogP contribution in [0.5, 0.6) is 0 Å². The van der Waals surface area contributed by atoms with Gasteiger partial charge in [0.25, 0.3) is 0 Å². The fourth-order valence-corrected chi connectivity index (χ4v) is 4.81. The van der Waals surface area contributed by atoms with Crippen molar-refractivity contribution in [1.82, 2.24) is 9.62 Å². The molecular weight excluding hydrogens is 324 g/mol. The van der Waals surface area contributed by atoms with Crippen LogP contribution in [-0.2, 0) is 17.4 Å². The molecule has 0 saturated carbocycles. The van der Waals surface area contributed by atoms with Gasteiger partial charge < -0.3 is 10.0 Å². The van der Waals surface area contributed by atoms with Gasteiger partial charge in [0.15, 0.2) is 0 Å². The molecule has 132 valence electrons. The van der Waals surface area contributed by atoms with Crippen molar-refractivity contribution in [3.8, 4) is 0 Å². The topological polar surface area (TPSA) is 69.6 Å². The van der Waals surface area contributed by atoms with Crippen molar-refractivity contribution in [2.75, 3.05) is 13.1 Å². The van der Waals surface area contributed by atoms with Crippen LogP contribution >= 0.6 is 0 Å². The lowest BCUT2D eigenvalue weighted by molar-refractivity contribution is 0.0768. The first-order valence-electron chi connectivity index (χ1n) is 8.47. The summed E-state index contributed by atoms with van der Waals surface area (Å²) in [4.78, 5) is 12.7. The van der Waals surface area contributed by atoms with Crippen LogP contribution in [0.1, 0.15) is 50.8 Å². The molecule has 1 aromatic rings. The summed E-state index contributed by atoms with van der Waals surface area (Å²) >= 11 is 0. The molecule has 1 aliphatic carbocycles. The molecule has 0 aromatic heterocycles. The predicted octanol–water partition coefficient (Wildman–Crippen LogP) is 3.10. The molecule has 2 N–H and O–H groups in total. The second kappa shape index (κ2) is 6.15. The highest BCUT2D eigenvalue weighted by atomic mass is 32.2. The number of hydrogen-bond acceptors (Lipinski definition) is 2. The van der Waals surface area contributed by atoms with E-state index in [4.69, 9.17) is 0 Å². The van der Waals surface area contributed by atoms with Gasteiger partial charge in [-0.1, -0.05) is 24.3 Å². The Morgan fingerprint density at radius 1 is 1.29 bits per heavy atom. The molecule has 6 heteroatoms. The van der Waals surface area contributed by atoms with Crippen molar-refractivity contribution in [3.05, 3.63) is 35.4 Å². The van der Waals surface area contributed by atoms with E-state index in [-0.39, 0.29) is 16.2 Å². The summed E-state index contributed by atoms with van der Waals surface area (Å²) in [6.45, 7) is 7.00. The zero-order chi connectivity index (χ0) is 17.5. The highest BCUT2D eigenvalue weighted by Gasteiger charge is 2.49. The van der Waals surface area contributed by atoms with E-state index in [1.807, 2.05) is 32.9 Å². The molecule has 2 atom stereocenters. The maximum absolute atomic E-state index is 12.7. The Balaban J connectivity index is 1.89. The minimum Gasteiger partial charge on any atom is -0.465 e. The molecule has 1 aliphatic heterocycles. The number of carboxylic acid groups (broad SMARTS) is 1. The van der Waals surface area contributed by atoms with Gasteiger partial charge in [0.1, 0.15) is 0 Å². The van der Waals surface area contributed by atoms with Gasteiger partial charge in [0, 0.05) is 13.1 Å². The number of piperidine rings is 1. The zero-order valence-corrected chi connectivity index (χ0v) is 15.4. The van der Waals surface area contributed by atoms with Gasteiger partial charge in [-0.25, -0.2) is 13.7 Å². The molecule has 1 unspecified atom stereocenters. The molecule has 3 rings (SSSR count). The van der Waals surface area contributed by atoms with E-state index in [1.54, 1.807) is 0 Å². The number of benzene rings is 1. The van der Waals surface area contributed by atoms with Gasteiger partial charge in [0.2, 0.25) is 0 Å². The average Bonchev–Trinajstić information content (AvgIpc) is 2.80. The van der Waals surface area contributed by atoms with Gasteiger partial charge in [0.05, 0.1) is 21.8 Å². The lowest BCUT2D eigenvalue weighted by Crippen LogP contribution is -2.48. The summed E-state index contributed by atoms with van der Waals surface area (Å²) in [5.41, 5.74) is 2.47. The summed E-state index contributed by atoms with van der Waals surface area (Å²) in [6, 6.07) is 8.35. The van der Waals surface area contributed by atoms with Crippen LogP contribution in [0.3, 0.4) is 0 Å². The molecule has 1 spiro atoms. The van der Waals surface area contributed by atoms with Gasteiger partial charge >= 0.3 is 6.09 Å². The SMILES string of the molecule is CC(C)(C)S(=O)N[C@@H]1c2ccccc2CC12CCN(C(=O)O)CC2. The van der Waals surface area contributed by atoms with E-state index in [1.165, 1.54) is 16.0 Å². The summed E-state index contributed by atoms with van der Waals surface area (Å²) in [6.07, 6.45) is 1.68. The molecule has 1 aromatic carbocycles. The summed E-state index contributed by atoms with van der Waals surface area (Å²) in [7, 11) is -1.16. The average molecular weight is 350 g/mol. The molecule has 1 amide bonds. The van der Waals surface area contributed by atoms with E-state index in [0.717, 1.165) is 19.3 Å². The maximum Gasteiger partial charge on any atom is 0.407 e. The number of hydrogen-bond donors (Lipinski definition) is 2. The Morgan fingerprint density at radius 3 is 2.50 bits per heavy atom. The number of nitrogens with one attached hydrogen (secondary N) is 1.